The van der Waals surface area contributed by atoms with Crippen molar-refractivity contribution >= 4 is 34.6 Å². The van der Waals surface area contributed by atoms with E-state index in [0.717, 1.165) is 22.2 Å². The number of hydrogen-bond acceptors (Lipinski definition) is 4. The third kappa shape index (κ3) is 3.89. The highest BCUT2D eigenvalue weighted by molar-refractivity contribution is 6.31. The standard InChI is InChI=1S/C22H15ClN4O/c23-17-11-12-19-18(13-17)21(15-7-3-1-4-8-15)26-20(25-19)14-24-27-22(28)16-9-5-2-6-10-16/h1-14H,(H,27,28). The molecule has 4 rings (SSSR count). The molecule has 0 bridgehead atoms. The number of benzene rings is 3. The van der Waals surface area contributed by atoms with Crippen LogP contribution in [0.15, 0.2) is 84.0 Å². The lowest BCUT2D eigenvalue weighted by Gasteiger charge is -2.07. The molecule has 0 unspecified atom stereocenters. The van der Waals surface area contributed by atoms with Crippen molar-refractivity contribution in [3.05, 3.63) is 95.3 Å². The van der Waals surface area contributed by atoms with Gasteiger partial charge >= 0.3 is 0 Å². The summed E-state index contributed by atoms with van der Waals surface area (Å²) < 4.78 is 0. The van der Waals surface area contributed by atoms with Gasteiger partial charge in [0.2, 0.25) is 0 Å². The molecule has 136 valence electrons. The maximum Gasteiger partial charge on any atom is 0.271 e. The average Bonchev–Trinajstić information content (AvgIpc) is 2.74. The number of nitrogens with one attached hydrogen (secondary N) is 1. The van der Waals surface area contributed by atoms with Crippen molar-refractivity contribution in [1.29, 1.82) is 0 Å². The topological polar surface area (TPSA) is 67.2 Å². The Bertz CT molecular complexity index is 1160. The lowest BCUT2D eigenvalue weighted by Crippen LogP contribution is -2.17. The van der Waals surface area contributed by atoms with Gasteiger partial charge in [0.05, 0.1) is 17.4 Å². The number of aromatic nitrogens is 2. The fourth-order valence-corrected chi connectivity index (χ4v) is 2.97. The summed E-state index contributed by atoms with van der Waals surface area (Å²) in [7, 11) is 0. The van der Waals surface area contributed by atoms with Crippen LogP contribution in [-0.2, 0) is 0 Å². The molecule has 0 saturated carbocycles. The molecule has 0 fully saturated rings. The van der Waals surface area contributed by atoms with E-state index in [-0.39, 0.29) is 5.91 Å². The van der Waals surface area contributed by atoms with Crippen molar-refractivity contribution in [2.75, 3.05) is 0 Å². The molecule has 1 N–H and O–H groups in total. The van der Waals surface area contributed by atoms with E-state index < -0.39 is 0 Å². The van der Waals surface area contributed by atoms with Crippen molar-refractivity contribution in [1.82, 2.24) is 15.4 Å². The van der Waals surface area contributed by atoms with Gasteiger partial charge in [-0.05, 0) is 30.3 Å². The SMILES string of the molecule is O=C(NN=Cc1nc(-c2ccccc2)c2cc(Cl)ccc2n1)c1ccccc1. The van der Waals surface area contributed by atoms with Gasteiger partial charge in [-0.15, -0.1) is 0 Å². The molecule has 1 aromatic heterocycles. The Morgan fingerprint density at radius 2 is 1.64 bits per heavy atom. The Balaban J connectivity index is 1.68. The van der Waals surface area contributed by atoms with Gasteiger partial charge in [-0.3, -0.25) is 4.79 Å². The summed E-state index contributed by atoms with van der Waals surface area (Å²) in [5, 5.41) is 5.47. The zero-order valence-electron chi connectivity index (χ0n) is 14.7. The molecule has 0 spiro atoms. The van der Waals surface area contributed by atoms with Crippen LogP contribution in [0.3, 0.4) is 0 Å². The van der Waals surface area contributed by atoms with E-state index >= 15 is 0 Å². The van der Waals surface area contributed by atoms with Crippen LogP contribution in [0.5, 0.6) is 0 Å². The molecule has 6 heteroatoms. The zero-order chi connectivity index (χ0) is 19.3. The lowest BCUT2D eigenvalue weighted by atomic mass is 10.1. The molecule has 5 nitrogen and oxygen atoms in total. The number of halogens is 1. The number of carbonyl (C=O) groups excluding carboxylic acids is 1. The molecule has 0 atom stereocenters. The first-order chi connectivity index (χ1) is 13.7. The van der Waals surface area contributed by atoms with Gasteiger partial charge in [-0.2, -0.15) is 5.10 Å². The van der Waals surface area contributed by atoms with Crippen molar-refractivity contribution in [3.63, 3.8) is 0 Å². The second kappa shape index (κ2) is 7.98. The average molecular weight is 387 g/mol. The van der Waals surface area contributed by atoms with Gasteiger partial charge in [-0.25, -0.2) is 15.4 Å². The summed E-state index contributed by atoms with van der Waals surface area (Å²) in [5.74, 6) is 0.0924. The van der Waals surface area contributed by atoms with Crippen molar-refractivity contribution in [3.8, 4) is 11.3 Å². The monoisotopic (exact) mass is 386 g/mol. The first-order valence-corrected chi connectivity index (χ1v) is 9.00. The molecule has 0 radical (unpaired) electrons. The first kappa shape index (κ1) is 17.8. The molecule has 1 heterocycles. The summed E-state index contributed by atoms with van der Waals surface area (Å²) in [6.07, 6.45) is 1.43. The first-order valence-electron chi connectivity index (χ1n) is 8.62. The van der Waals surface area contributed by atoms with E-state index in [9.17, 15) is 4.79 Å². The molecular weight excluding hydrogens is 372 g/mol. The lowest BCUT2D eigenvalue weighted by molar-refractivity contribution is 0.0955. The van der Waals surface area contributed by atoms with E-state index in [4.69, 9.17) is 11.6 Å². The summed E-state index contributed by atoms with van der Waals surface area (Å²) in [6.45, 7) is 0. The van der Waals surface area contributed by atoms with Crippen molar-refractivity contribution in [2.45, 2.75) is 0 Å². The van der Waals surface area contributed by atoms with E-state index in [0.29, 0.717) is 16.4 Å². The maximum atomic E-state index is 12.1. The number of amides is 1. The van der Waals surface area contributed by atoms with E-state index in [1.54, 1.807) is 30.3 Å². The summed E-state index contributed by atoms with van der Waals surface area (Å²) in [5.41, 5.74) is 5.46. The molecule has 4 aromatic rings. The molecule has 3 aromatic carbocycles. The minimum Gasteiger partial charge on any atom is -0.267 e. The van der Waals surface area contributed by atoms with Gasteiger partial charge < -0.3 is 0 Å². The molecule has 0 aliphatic carbocycles. The molecule has 1 amide bonds. The Kier molecular flexibility index (Phi) is 5.08. The fraction of sp³-hybridized carbons (Fsp3) is 0. The second-order valence-electron chi connectivity index (χ2n) is 6.02. The van der Waals surface area contributed by atoms with Crippen LogP contribution in [0.2, 0.25) is 5.02 Å². The smallest absolute Gasteiger partial charge is 0.267 e. The highest BCUT2D eigenvalue weighted by Gasteiger charge is 2.10. The van der Waals surface area contributed by atoms with E-state index in [2.05, 4.69) is 20.5 Å². The van der Waals surface area contributed by atoms with Crippen LogP contribution in [0.4, 0.5) is 0 Å². The number of carbonyl (C=O) groups is 1. The van der Waals surface area contributed by atoms with Crippen LogP contribution >= 0.6 is 11.6 Å². The fourth-order valence-electron chi connectivity index (χ4n) is 2.80. The van der Waals surface area contributed by atoms with Crippen LogP contribution < -0.4 is 5.43 Å². The number of fused-ring (bicyclic) bond motifs is 1. The van der Waals surface area contributed by atoms with Crippen LogP contribution in [-0.4, -0.2) is 22.1 Å². The minimum absolute atomic E-state index is 0.298. The molecular formula is C22H15ClN4O. The van der Waals surface area contributed by atoms with Crippen LogP contribution in [0, 0.1) is 0 Å². The van der Waals surface area contributed by atoms with Crippen LogP contribution in [0.1, 0.15) is 16.2 Å². The zero-order valence-corrected chi connectivity index (χ0v) is 15.5. The highest BCUT2D eigenvalue weighted by Crippen LogP contribution is 2.28. The largest absolute Gasteiger partial charge is 0.271 e. The Labute approximate surface area is 166 Å². The third-order valence-electron chi connectivity index (χ3n) is 4.10. The molecule has 28 heavy (non-hydrogen) atoms. The summed E-state index contributed by atoms with van der Waals surface area (Å²) in [4.78, 5) is 21.2. The Morgan fingerprint density at radius 3 is 2.39 bits per heavy atom. The van der Waals surface area contributed by atoms with Gasteiger partial charge in [0.25, 0.3) is 5.91 Å². The van der Waals surface area contributed by atoms with Crippen molar-refractivity contribution in [2.24, 2.45) is 5.10 Å². The quantitative estimate of drug-likeness (QED) is 0.408. The maximum absolute atomic E-state index is 12.1. The van der Waals surface area contributed by atoms with Crippen molar-refractivity contribution < 1.29 is 4.79 Å². The third-order valence-corrected chi connectivity index (χ3v) is 4.34. The predicted octanol–water partition coefficient (Wildman–Crippen LogP) is 4.71. The van der Waals surface area contributed by atoms with E-state index in [1.165, 1.54) is 6.21 Å². The summed E-state index contributed by atoms with van der Waals surface area (Å²) in [6, 6.07) is 24.1. The Hall–Kier alpha value is -3.57. The number of nitrogens with zero attached hydrogens (tertiary/aromatic N) is 3. The van der Waals surface area contributed by atoms with E-state index in [1.807, 2.05) is 48.5 Å². The Morgan fingerprint density at radius 1 is 0.929 bits per heavy atom. The normalized spacial score (nSPS) is 11.0. The van der Waals surface area contributed by atoms with Gasteiger partial charge in [0.15, 0.2) is 5.82 Å². The van der Waals surface area contributed by atoms with Gasteiger partial charge in [-0.1, -0.05) is 60.1 Å². The highest BCUT2D eigenvalue weighted by atomic mass is 35.5. The summed E-state index contributed by atoms with van der Waals surface area (Å²) >= 11 is 6.17. The minimum atomic E-state index is -0.298. The number of hydrogen-bond donors (Lipinski definition) is 1. The van der Waals surface area contributed by atoms with Crippen LogP contribution in [0.25, 0.3) is 22.2 Å². The molecule has 0 aliphatic rings. The molecule has 0 saturated heterocycles. The predicted molar refractivity (Wildman–Crippen MR) is 111 cm³/mol. The molecule has 0 aliphatic heterocycles. The number of hydrazone groups is 1. The van der Waals surface area contributed by atoms with Gasteiger partial charge in [0.1, 0.15) is 0 Å². The number of rotatable bonds is 4. The second-order valence-corrected chi connectivity index (χ2v) is 6.46. The van der Waals surface area contributed by atoms with Gasteiger partial charge in [0, 0.05) is 21.5 Å².